The first-order valence-electron chi connectivity index (χ1n) is 6.64. The van der Waals surface area contributed by atoms with E-state index in [9.17, 15) is 0 Å². The molecule has 2 aromatic rings. The summed E-state index contributed by atoms with van der Waals surface area (Å²) < 4.78 is 2.01. The van der Waals surface area contributed by atoms with Gasteiger partial charge in [0.1, 0.15) is 0 Å². The van der Waals surface area contributed by atoms with Crippen molar-refractivity contribution >= 4 is 0 Å². The van der Waals surface area contributed by atoms with Crippen molar-refractivity contribution in [3.8, 4) is 0 Å². The molecular formula is C15H21N3. The van der Waals surface area contributed by atoms with Crippen LogP contribution in [-0.4, -0.2) is 16.3 Å². The zero-order chi connectivity index (χ0) is 12.6. The van der Waals surface area contributed by atoms with Gasteiger partial charge in [0.2, 0.25) is 0 Å². The van der Waals surface area contributed by atoms with Crippen LogP contribution in [0.2, 0.25) is 0 Å². The fourth-order valence-corrected chi connectivity index (χ4v) is 1.96. The maximum atomic E-state index is 4.32. The summed E-state index contributed by atoms with van der Waals surface area (Å²) in [5.74, 6) is 0. The van der Waals surface area contributed by atoms with Gasteiger partial charge in [0.25, 0.3) is 0 Å². The second-order valence-electron chi connectivity index (χ2n) is 4.52. The Labute approximate surface area is 109 Å². The van der Waals surface area contributed by atoms with Crippen LogP contribution in [0.3, 0.4) is 0 Å². The molecule has 1 N–H and O–H groups in total. The Bertz CT molecular complexity index is 448. The number of hydrogen-bond acceptors (Lipinski definition) is 2. The molecule has 0 spiro atoms. The van der Waals surface area contributed by atoms with E-state index < -0.39 is 0 Å². The highest BCUT2D eigenvalue weighted by Crippen LogP contribution is 2.00. The van der Waals surface area contributed by atoms with E-state index in [2.05, 4.69) is 53.9 Å². The van der Waals surface area contributed by atoms with Gasteiger partial charge < -0.3 is 5.32 Å². The first-order chi connectivity index (χ1) is 8.88. The van der Waals surface area contributed by atoms with E-state index in [0.29, 0.717) is 0 Å². The summed E-state index contributed by atoms with van der Waals surface area (Å²) in [4.78, 5) is 0. The summed E-state index contributed by atoms with van der Waals surface area (Å²) in [5.41, 5.74) is 2.64. The molecular weight excluding hydrogens is 222 g/mol. The van der Waals surface area contributed by atoms with Gasteiger partial charge in [-0.05, 0) is 24.9 Å². The average Bonchev–Trinajstić information content (AvgIpc) is 2.84. The van der Waals surface area contributed by atoms with Crippen LogP contribution in [0.1, 0.15) is 24.5 Å². The van der Waals surface area contributed by atoms with Crippen molar-refractivity contribution in [1.29, 1.82) is 0 Å². The van der Waals surface area contributed by atoms with Gasteiger partial charge in [-0.2, -0.15) is 5.10 Å². The van der Waals surface area contributed by atoms with Gasteiger partial charge in [0.15, 0.2) is 0 Å². The molecule has 0 radical (unpaired) electrons. The largest absolute Gasteiger partial charge is 0.312 e. The fraction of sp³-hybridized carbons (Fsp3) is 0.400. The predicted molar refractivity (Wildman–Crippen MR) is 74.4 cm³/mol. The van der Waals surface area contributed by atoms with Crippen LogP contribution in [0.25, 0.3) is 0 Å². The van der Waals surface area contributed by atoms with Crippen molar-refractivity contribution < 1.29 is 0 Å². The van der Waals surface area contributed by atoms with Crippen LogP contribution in [-0.2, 0) is 19.5 Å². The molecule has 0 unspecified atom stereocenters. The van der Waals surface area contributed by atoms with Crippen LogP contribution in [0.15, 0.2) is 42.7 Å². The Hall–Kier alpha value is -1.61. The van der Waals surface area contributed by atoms with Crippen molar-refractivity contribution in [3.63, 3.8) is 0 Å². The highest BCUT2D eigenvalue weighted by molar-refractivity contribution is 5.14. The van der Waals surface area contributed by atoms with Crippen LogP contribution >= 0.6 is 0 Å². The van der Waals surface area contributed by atoms with Gasteiger partial charge in [-0.25, -0.2) is 0 Å². The van der Waals surface area contributed by atoms with Gasteiger partial charge in [-0.1, -0.05) is 37.3 Å². The van der Waals surface area contributed by atoms with Crippen LogP contribution < -0.4 is 5.32 Å². The third-order valence-corrected chi connectivity index (χ3v) is 2.90. The van der Waals surface area contributed by atoms with E-state index in [1.165, 1.54) is 11.1 Å². The highest BCUT2D eigenvalue weighted by Gasteiger charge is 1.97. The fourth-order valence-electron chi connectivity index (χ4n) is 1.96. The monoisotopic (exact) mass is 243 g/mol. The molecule has 0 amide bonds. The molecule has 0 fully saturated rings. The molecule has 18 heavy (non-hydrogen) atoms. The van der Waals surface area contributed by atoms with E-state index in [4.69, 9.17) is 0 Å². The van der Waals surface area contributed by atoms with Crippen molar-refractivity contribution in [2.45, 2.75) is 32.9 Å². The second-order valence-corrected chi connectivity index (χ2v) is 4.52. The number of hydrogen-bond donors (Lipinski definition) is 1. The Morgan fingerprint density at radius 1 is 1.17 bits per heavy atom. The second kappa shape index (κ2) is 6.97. The van der Waals surface area contributed by atoms with Crippen LogP contribution in [0.5, 0.6) is 0 Å². The molecule has 3 heteroatoms. The SMILES string of the molecule is CCCn1cc(CNCCc2ccccc2)cn1. The van der Waals surface area contributed by atoms with Gasteiger partial charge in [0.05, 0.1) is 6.20 Å². The van der Waals surface area contributed by atoms with Gasteiger partial charge in [0, 0.05) is 24.8 Å². The molecule has 0 saturated carbocycles. The van der Waals surface area contributed by atoms with E-state index in [0.717, 1.165) is 32.5 Å². The lowest BCUT2D eigenvalue weighted by molar-refractivity contribution is 0.601. The lowest BCUT2D eigenvalue weighted by Crippen LogP contribution is -2.16. The minimum Gasteiger partial charge on any atom is -0.312 e. The van der Waals surface area contributed by atoms with Gasteiger partial charge >= 0.3 is 0 Å². The van der Waals surface area contributed by atoms with Crippen molar-refractivity contribution in [1.82, 2.24) is 15.1 Å². The van der Waals surface area contributed by atoms with E-state index >= 15 is 0 Å². The molecule has 2 rings (SSSR count). The van der Waals surface area contributed by atoms with Crippen LogP contribution in [0.4, 0.5) is 0 Å². The topological polar surface area (TPSA) is 29.9 Å². The quantitative estimate of drug-likeness (QED) is 0.758. The zero-order valence-corrected chi connectivity index (χ0v) is 11.0. The third kappa shape index (κ3) is 4.00. The third-order valence-electron chi connectivity index (χ3n) is 2.90. The van der Waals surface area contributed by atoms with Crippen molar-refractivity contribution in [2.24, 2.45) is 0 Å². The Morgan fingerprint density at radius 2 is 2.00 bits per heavy atom. The molecule has 0 atom stereocenters. The highest BCUT2D eigenvalue weighted by atomic mass is 15.3. The van der Waals surface area contributed by atoms with E-state index in [1.54, 1.807) is 0 Å². The summed E-state index contributed by atoms with van der Waals surface area (Å²) in [6.45, 7) is 5.07. The lowest BCUT2D eigenvalue weighted by atomic mass is 10.1. The molecule has 96 valence electrons. The Kier molecular flexibility index (Phi) is 4.97. The van der Waals surface area contributed by atoms with E-state index in [-0.39, 0.29) is 0 Å². The zero-order valence-electron chi connectivity index (χ0n) is 11.0. The summed E-state index contributed by atoms with van der Waals surface area (Å²) in [6.07, 6.45) is 6.27. The normalized spacial score (nSPS) is 10.7. The minimum atomic E-state index is 0.899. The number of nitrogens with one attached hydrogen (secondary N) is 1. The van der Waals surface area contributed by atoms with E-state index in [1.807, 2.05) is 10.9 Å². The number of nitrogens with zero attached hydrogens (tertiary/aromatic N) is 2. The van der Waals surface area contributed by atoms with Crippen molar-refractivity contribution in [3.05, 3.63) is 53.9 Å². The molecule has 3 nitrogen and oxygen atoms in total. The standard InChI is InChI=1S/C15H21N3/c1-2-10-18-13-15(12-17-18)11-16-9-8-14-6-4-3-5-7-14/h3-7,12-13,16H,2,8-11H2,1H3. The molecule has 0 aliphatic heterocycles. The summed E-state index contributed by atoms with van der Waals surface area (Å²) >= 11 is 0. The molecule has 0 aliphatic carbocycles. The number of benzene rings is 1. The van der Waals surface area contributed by atoms with Crippen LogP contribution in [0, 0.1) is 0 Å². The summed E-state index contributed by atoms with van der Waals surface area (Å²) in [6, 6.07) is 10.6. The maximum absolute atomic E-state index is 4.32. The predicted octanol–water partition coefficient (Wildman–Crippen LogP) is 2.63. The van der Waals surface area contributed by atoms with Gasteiger partial charge in [-0.15, -0.1) is 0 Å². The maximum Gasteiger partial charge on any atom is 0.0534 e. The minimum absolute atomic E-state index is 0.899. The summed E-state index contributed by atoms with van der Waals surface area (Å²) in [5, 5.41) is 7.77. The molecule has 1 aromatic carbocycles. The smallest absolute Gasteiger partial charge is 0.0534 e. The molecule has 1 aromatic heterocycles. The van der Waals surface area contributed by atoms with Gasteiger partial charge in [-0.3, -0.25) is 4.68 Å². The first-order valence-corrected chi connectivity index (χ1v) is 6.64. The average molecular weight is 243 g/mol. The first kappa shape index (κ1) is 12.8. The molecule has 0 saturated heterocycles. The summed E-state index contributed by atoms with van der Waals surface area (Å²) in [7, 11) is 0. The number of aromatic nitrogens is 2. The molecule has 0 bridgehead atoms. The Morgan fingerprint density at radius 3 is 2.78 bits per heavy atom. The lowest BCUT2D eigenvalue weighted by Gasteiger charge is -2.03. The Balaban J connectivity index is 1.68. The number of aryl methyl sites for hydroxylation is 1. The number of rotatable bonds is 7. The molecule has 0 aliphatic rings. The van der Waals surface area contributed by atoms with Crippen molar-refractivity contribution in [2.75, 3.05) is 6.54 Å². The molecule has 1 heterocycles.